The molecule has 1 amide bonds. The number of nitrogens with one attached hydrogen (secondary N) is 1. The number of hydrogen-bond acceptors (Lipinski definition) is 3. The molecule has 0 fully saturated rings. The zero-order valence-corrected chi connectivity index (χ0v) is 12.1. The summed E-state index contributed by atoms with van der Waals surface area (Å²) in [6, 6.07) is 15.2. The Morgan fingerprint density at radius 2 is 1.67 bits per heavy atom. The van der Waals surface area contributed by atoms with Crippen LogP contribution in [0.4, 0.5) is 5.69 Å². The summed E-state index contributed by atoms with van der Waals surface area (Å²) >= 11 is 0. The summed E-state index contributed by atoms with van der Waals surface area (Å²) in [5.74, 6) is 0.478. The number of hydrogen-bond donors (Lipinski definition) is 2. The molecule has 0 saturated carbocycles. The first-order chi connectivity index (χ1) is 10.2. The van der Waals surface area contributed by atoms with Crippen LogP contribution in [0.15, 0.2) is 48.5 Å². The summed E-state index contributed by atoms with van der Waals surface area (Å²) in [6.45, 7) is 2.57. The van der Waals surface area contributed by atoms with E-state index in [0.29, 0.717) is 12.3 Å². The van der Waals surface area contributed by atoms with Crippen LogP contribution in [0.2, 0.25) is 0 Å². The minimum absolute atomic E-state index is 0.0164. The lowest BCUT2D eigenvalue weighted by Gasteiger charge is -2.08. The highest BCUT2D eigenvalue weighted by molar-refractivity contribution is 5.91. The van der Waals surface area contributed by atoms with Crippen molar-refractivity contribution in [3.8, 4) is 5.75 Å². The van der Waals surface area contributed by atoms with Gasteiger partial charge in [0.1, 0.15) is 5.75 Å². The highest BCUT2D eigenvalue weighted by atomic mass is 16.5. The van der Waals surface area contributed by atoms with Crippen molar-refractivity contribution in [1.82, 2.24) is 0 Å². The van der Waals surface area contributed by atoms with Crippen molar-refractivity contribution in [2.24, 2.45) is 5.73 Å². The molecule has 0 saturated heterocycles. The smallest absolute Gasteiger partial charge is 0.262 e. The van der Waals surface area contributed by atoms with Gasteiger partial charge in [-0.05, 0) is 41.8 Å². The van der Waals surface area contributed by atoms with E-state index in [-0.39, 0.29) is 12.5 Å². The van der Waals surface area contributed by atoms with Crippen molar-refractivity contribution in [1.29, 1.82) is 0 Å². The second-order valence-electron chi connectivity index (χ2n) is 4.74. The molecule has 4 heteroatoms. The lowest BCUT2D eigenvalue weighted by Crippen LogP contribution is -2.20. The molecule has 0 aliphatic rings. The van der Waals surface area contributed by atoms with Crippen molar-refractivity contribution in [3.05, 3.63) is 59.7 Å². The van der Waals surface area contributed by atoms with Crippen LogP contribution in [0, 0.1) is 0 Å². The predicted octanol–water partition coefficient (Wildman–Crippen LogP) is 2.73. The van der Waals surface area contributed by atoms with E-state index in [1.807, 2.05) is 48.5 Å². The van der Waals surface area contributed by atoms with Crippen molar-refractivity contribution in [3.63, 3.8) is 0 Å². The van der Waals surface area contributed by atoms with Crippen LogP contribution in [0.1, 0.15) is 18.1 Å². The second-order valence-corrected chi connectivity index (χ2v) is 4.74. The monoisotopic (exact) mass is 284 g/mol. The predicted molar refractivity (Wildman–Crippen MR) is 84.3 cm³/mol. The fourth-order valence-corrected chi connectivity index (χ4v) is 1.89. The number of anilines is 1. The maximum Gasteiger partial charge on any atom is 0.262 e. The normalized spacial score (nSPS) is 10.2. The highest BCUT2D eigenvalue weighted by Gasteiger charge is 2.04. The summed E-state index contributed by atoms with van der Waals surface area (Å²) in [5.41, 5.74) is 8.57. The second kappa shape index (κ2) is 7.45. The maximum absolute atomic E-state index is 11.8. The number of amides is 1. The summed E-state index contributed by atoms with van der Waals surface area (Å²) in [4.78, 5) is 11.8. The molecular weight excluding hydrogens is 264 g/mol. The number of carbonyl (C=O) groups excluding carboxylic acids is 1. The van der Waals surface area contributed by atoms with Gasteiger partial charge in [0.15, 0.2) is 6.61 Å². The minimum Gasteiger partial charge on any atom is -0.484 e. The number of aryl methyl sites for hydroxylation is 1. The summed E-state index contributed by atoms with van der Waals surface area (Å²) in [5, 5.41) is 2.80. The van der Waals surface area contributed by atoms with Gasteiger partial charge in [0.05, 0.1) is 0 Å². The highest BCUT2D eigenvalue weighted by Crippen LogP contribution is 2.13. The van der Waals surface area contributed by atoms with Crippen LogP contribution < -0.4 is 15.8 Å². The first kappa shape index (κ1) is 15.1. The molecule has 0 unspecified atom stereocenters. The first-order valence-electron chi connectivity index (χ1n) is 7.02. The Labute approximate surface area is 124 Å². The van der Waals surface area contributed by atoms with Gasteiger partial charge in [0.25, 0.3) is 5.91 Å². The summed E-state index contributed by atoms with van der Waals surface area (Å²) in [7, 11) is 0. The number of ether oxygens (including phenoxy) is 1. The lowest BCUT2D eigenvalue weighted by atomic mass is 10.1. The standard InChI is InChI=1S/C17H20N2O2/c1-2-13-3-7-15(8-4-13)19-17(20)12-21-16-9-5-14(11-18)6-10-16/h3-10H,2,11-12,18H2,1H3,(H,19,20). The maximum atomic E-state index is 11.8. The molecule has 0 bridgehead atoms. The number of carbonyl (C=O) groups is 1. The van der Waals surface area contributed by atoms with E-state index in [9.17, 15) is 4.79 Å². The Balaban J connectivity index is 1.83. The molecule has 0 atom stereocenters. The number of benzene rings is 2. The lowest BCUT2D eigenvalue weighted by molar-refractivity contribution is -0.118. The van der Waals surface area contributed by atoms with Crippen molar-refractivity contribution < 1.29 is 9.53 Å². The largest absolute Gasteiger partial charge is 0.484 e. The van der Waals surface area contributed by atoms with Gasteiger partial charge in [-0.2, -0.15) is 0 Å². The van der Waals surface area contributed by atoms with Gasteiger partial charge >= 0.3 is 0 Å². The van der Waals surface area contributed by atoms with Crippen LogP contribution in [-0.4, -0.2) is 12.5 Å². The SMILES string of the molecule is CCc1ccc(NC(=O)COc2ccc(CN)cc2)cc1. The van der Waals surface area contributed by atoms with Crippen molar-refractivity contribution in [2.75, 3.05) is 11.9 Å². The van der Waals surface area contributed by atoms with Gasteiger partial charge in [0.2, 0.25) is 0 Å². The molecule has 2 aromatic carbocycles. The molecule has 0 heterocycles. The molecule has 0 aliphatic carbocycles. The van der Waals surface area contributed by atoms with Gasteiger partial charge in [0, 0.05) is 12.2 Å². The minimum atomic E-state index is -0.179. The van der Waals surface area contributed by atoms with E-state index >= 15 is 0 Å². The first-order valence-corrected chi connectivity index (χ1v) is 7.02. The molecule has 110 valence electrons. The molecule has 3 N–H and O–H groups in total. The third-order valence-electron chi connectivity index (χ3n) is 3.17. The molecular formula is C17H20N2O2. The Morgan fingerprint density at radius 1 is 1.05 bits per heavy atom. The van der Waals surface area contributed by atoms with Gasteiger partial charge in [-0.3, -0.25) is 4.79 Å². The van der Waals surface area contributed by atoms with E-state index in [0.717, 1.165) is 17.7 Å². The van der Waals surface area contributed by atoms with Crippen LogP contribution in [-0.2, 0) is 17.8 Å². The van der Waals surface area contributed by atoms with E-state index in [1.165, 1.54) is 5.56 Å². The van der Waals surface area contributed by atoms with E-state index in [4.69, 9.17) is 10.5 Å². The Kier molecular flexibility index (Phi) is 5.35. The zero-order valence-electron chi connectivity index (χ0n) is 12.1. The van der Waals surface area contributed by atoms with E-state index in [2.05, 4.69) is 12.2 Å². The van der Waals surface area contributed by atoms with Crippen molar-refractivity contribution in [2.45, 2.75) is 19.9 Å². The molecule has 0 spiro atoms. The third kappa shape index (κ3) is 4.61. The molecule has 0 aromatic heterocycles. The van der Waals surface area contributed by atoms with Crippen LogP contribution >= 0.6 is 0 Å². The summed E-state index contributed by atoms with van der Waals surface area (Å²) < 4.78 is 5.43. The Hall–Kier alpha value is -2.33. The third-order valence-corrected chi connectivity index (χ3v) is 3.17. The average Bonchev–Trinajstić information content (AvgIpc) is 2.54. The number of nitrogens with two attached hydrogens (primary N) is 1. The van der Waals surface area contributed by atoms with E-state index < -0.39 is 0 Å². The molecule has 2 rings (SSSR count). The Bertz CT molecular complexity index is 577. The Morgan fingerprint density at radius 3 is 2.24 bits per heavy atom. The van der Waals surface area contributed by atoms with Gasteiger partial charge in [-0.1, -0.05) is 31.2 Å². The quantitative estimate of drug-likeness (QED) is 0.857. The van der Waals surface area contributed by atoms with Crippen LogP contribution in [0.3, 0.4) is 0 Å². The fraction of sp³-hybridized carbons (Fsp3) is 0.235. The fourth-order valence-electron chi connectivity index (χ4n) is 1.89. The van der Waals surface area contributed by atoms with Gasteiger partial charge in [-0.15, -0.1) is 0 Å². The number of rotatable bonds is 6. The van der Waals surface area contributed by atoms with Gasteiger partial charge in [-0.25, -0.2) is 0 Å². The van der Waals surface area contributed by atoms with Crippen molar-refractivity contribution >= 4 is 11.6 Å². The van der Waals surface area contributed by atoms with Crippen LogP contribution in [0.25, 0.3) is 0 Å². The van der Waals surface area contributed by atoms with Crippen LogP contribution in [0.5, 0.6) is 5.75 Å². The summed E-state index contributed by atoms with van der Waals surface area (Å²) in [6.07, 6.45) is 0.982. The molecule has 0 radical (unpaired) electrons. The topological polar surface area (TPSA) is 64.3 Å². The molecule has 2 aromatic rings. The molecule has 21 heavy (non-hydrogen) atoms. The molecule has 0 aliphatic heterocycles. The zero-order chi connectivity index (χ0) is 15.1. The van der Waals surface area contributed by atoms with Gasteiger partial charge < -0.3 is 15.8 Å². The average molecular weight is 284 g/mol. The van der Waals surface area contributed by atoms with E-state index in [1.54, 1.807) is 0 Å². The molecule has 4 nitrogen and oxygen atoms in total.